The first-order chi connectivity index (χ1) is 13.5. The largest absolute Gasteiger partial charge is 0.496 e. The minimum absolute atomic E-state index is 0.167. The predicted octanol–water partition coefficient (Wildman–Crippen LogP) is 5.33. The number of aromatic nitrogens is 2. The molecule has 8 heteroatoms. The summed E-state index contributed by atoms with van der Waals surface area (Å²) in [5.74, 6) is 0.859. The van der Waals surface area contributed by atoms with E-state index in [2.05, 4.69) is 22.3 Å². The van der Waals surface area contributed by atoms with Gasteiger partial charge in [0.05, 0.1) is 7.11 Å². The van der Waals surface area contributed by atoms with Crippen LogP contribution in [0.25, 0.3) is 10.8 Å². The van der Waals surface area contributed by atoms with Gasteiger partial charge < -0.3 is 9.64 Å². The van der Waals surface area contributed by atoms with E-state index >= 15 is 0 Å². The Labute approximate surface area is 177 Å². The third-order valence-electron chi connectivity index (χ3n) is 5.29. The number of halogens is 2. The Balaban J connectivity index is 1.61. The molecule has 2 aromatic heterocycles. The number of methoxy groups -OCH3 is 1. The molecular formula is C20H19Cl2N3O2S. The van der Waals surface area contributed by atoms with Gasteiger partial charge in [0.25, 0.3) is 5.91 Å². The number of likely N-dealkylation sites (tertiary alicyclic amines) is 1. The number of benzene rings is 1. The van der Waals surface area contributed by atoms with Crippen molar-refractivity contribution in [1.29, 1.82) is 0 Å². The molecule has 28 heavy (non-hydrogen) atoms. The quantitative estimate of drug-likeness (QED) is 0.557. The van der Waals surface area contributed by atoms with Crippen molar-refractivity contribution in [2.24, 2.45) is 0 Å². The molecule has 3 aromatic rings. The Morgan fingerprint density at radius 1 is 1.36 bits per heavy atom. The van der Waals surface area contributed by atoms with Gasteiger partial charge in [0.1, 0.15) is 15.1 Å². The van der Waals surface area contributed by atoms with Gasteiger partial charge in [0, 0.05) is 36.3 Å². The third-order valence-corrected chi connectivity index (χ3v) is 6.90. The first-order valence-electron chi connectivity index (χ1n) is 9.02. The Kier molecular flexibility index (Phi) is 5.45. The Bertz CT molecular complexity index is 1050. The molecule has 0 saturated carbocycles. The van der Waals surface area contributed by atoms with Crippen LogP contribution in [0.2, 0.25) is 9.36 Å². The van der Waals surface area contributed by atoms with E-state index in [1.807, 2.05) is 18.3 Å². The number of carbonyl (C=O) groups is 1. The van der Waals surface area contributed by atoms with Crippen LogP contribution in [0.1, 0.15) is 40.5 Å². The molecule has 4 rings (SSSR count). The highest BCUT2D eigenvalue weighted by Crippen LogP contribution is 2.34. The molecule has 1 aliphatic heterocycles. The lowest BCUT2D eigenvalue weighted by Crippen LogP contribution is -2.39. The summed E-state index contributed by atoms with van der Waals surface area (Å²) in [7, 11) is 1.68. The van der Waals surface area contributed by atoms with E-state index in [0.29, 0.717) is 17.4 Å². The zero-order chi connectivity index (χ0) is 19.8. The van der Waals surface area contributed by atoms with Crippen molar-refractivity contribution >= 4 is 51.4 Å². The number of carbonyl (C=O) groups excluding carboxylic acids is 1. The summed E-state index contributed by atoms with van der Waals surface area (Å²) in [5.41, 5.74) is 2.32. The van der Waals surface area contributed by atoms with Gasteiger partial charge in [-0.15, -0.1) is 0 Å². The molecule has 1 amide bonds. The van der Waals surface area contributed by atoms with E-state index in [-0.39, 0.29) is 22.5 Å². The number of rotatable bonds is 3. The van der Waals surface area contributed by atoms with Crippen molar-refractivity contribution in [1.82, 2.24) is 14.3 Å². The SMILES string of the molecule is COc1ccc2cnc([C@@H]3CCCN(C(=O)c4nsc(Cl)c4Cl)C3)cc2c1C. The molecular weight excluding hydrogens is 417 g/mol. The lowest BCUT2D eigenvalue weighted by atomic mass is 9.92. The van der Waals surface area contributed by atoms with Crippen LogP contribution in [0.3, 0.4) is 0 Å². The molecule has 0 spiro atoms. The topological polar surface area (TPSA) is 55.3 Å². The average Bonchev–Trinajstić information content (AvgIpc) is 3.06. The summed E-state index contributed by atoms with van der Waals surface area (Å²) in [6, 6.07) is 6.10. The van der Waals surface area contributed by atoms with E-state index in [9.17, 15) is 4.79 Å². The molecule has 0 N–H and O–H groups in total. The first-order valence-corrected chi connectivity index (χ1v) is 10.6. The maximum atomic E-state index is 12.9. The molecule has 1 fully saturated rings. The van der Waals surface area contributed by atoms with E-state index in [1.54, 1.807) is 12.0 Å². The van der Waals surface area contributed by atoms with Crippen LogP contribution in [0, 0.1) is 6.92 Å². The van der Waals surface area contributed by atoms with Crippen molar-refractivity contribution in [2.45, 2.75) is 25.7 Å². The maximum absolute atomic E-state index is 12.9. The average molecular weight is 436 g/mol. The van der Waals surface area contributed by atoms with Gasteiger partial charge in [-0.05, 0) is 60.4 Å². The second-order valence-electron chi connectivity index (χ2n) is 6.93. The summed E-state index contributed by atoms with van der Waals surface area (Å²) < 4.78 is 9.91. The minimum atomic E-state index is -0.170. The highest BCUT2D eigenvalue weighted by atomic mass is 35.5. The van der Waals surface area contributed by atoms with Crippen LogP contribution in [-0.4, -0.2) is 40.4 Å². The van der Waals surface area contributed by atoms with Gasteiger partial charge in [-0.25, -0.2) is 0 Å². The highest BCUT2D eigenvalue weighted by Gasteiger charge is 2.29. The second kappa shape index (κ2) is 7.85. The van der Waals surface area contributed by atoms with Crippen LogP contribution in [-0.2, 0) is 0 Å². The predicted molar refractivity (Wildman–Crippen MR) is 113 cm³/mol. The van der Waals surface area contributed by atoms with Crippen LogP contribution >= 0.6 is 34.7 Å². The Hall–Kier alpha value is -1.89. The summed E-state index contributed by atoms with van der Waals surface area (Å²) in [6.07, 6.45) is 3.79. The molecule has 0 radical (unpaired) electrons. The first kappa shape index (κ1) is 19.4. The molecule has 0 unspecified atom stereocenters. The second-order valence-corrected chi connectivity index (χ2v) is 8.69. The highest BCUT2D eigenvalue weighted by molar-refractivity contribution is 7.11. The number of ether oxygens (including phenoxy) is 1. The Morgan fingerprint density at radius 3 is 2.89 bits per heavy atom. The monoisotopic (exact) mass is 435 g/mol. The van der Waals surface area contributed by atoms with Gasteiger partial charge in [-0.1, -0.05) is 23.2 Å². The molecule has 1 aromatic carbocycles. The third kappa shape index (κ3) is 3.45. The fourth-order valence-corrected chi connectivity index (χ4v) is 4.74. The van der Waals surface area contributed by atoms with Crippen LogP contribution in [0.15, 0.2) is 24.4 Å². The number of hydrogen-bond donors (Lipinski definition) is 0. The molecule has 0 bridgehead atoms. The lowest BCUT2D eigenvalue weighted by Gasteiger charge is -2.32. The molecule has 1 aliphatic rings. The number of hydrogen-bond acceptors (Lipinski definition) is 5. The van der Waals surface area contributed by atoms with Gasteiger partial charge in [-0.2, -0.15) is 4.37 Å². The standard InChI is InChI=1S/C20H19Cl2N3O2S/c1-11-14-8-15(23-9-12(14)5-6-16(11)27-2)13-4-3-7-25(10-13)20(26)18-17(21)19(22)28-24-18/h5-6,8-9,13H,3-4,7,10H2,1-2H3/t13-/m1/s1. The molecule has 3 heterocycles. The number of aryl methyl sites for hydroxylation is 1. The summed E-state index contributed by atoms with van der Waals surface area (Å²) in [4.78, 5) is 19.3. The number of nitrogens with zero attached hydrogens (tertiary/aromatic N) is 3. The van der Waals surface area contributed by atoms with E-state index in [0.717, 1.165) is 52.2 Å². The van der Waals surface area contributed by atoms with Gasteiger partial charge in [-0.3, -0.25) is 9.78 Å². The number of pyridine rings is 1. The smallest absolute Gasteiger partial charge is 0.275 e. The summed E-state index contributed by atoms with van der Waals surface area (Å²) >= 11 is 13.1. The zero-order valence-corrected chi connectivity index (χ0v) is 17.9. The fourth-order valence-electron chi connectivity index (χ4n) is 3.75. The van der Waals surface area contributed by atoms with E-state index < -0.39 is 0 Å². The molecule has 0 aliphatic carbocycles. The van der Waals surface area contributed by atoms with Crippen molar-refractivity contribution < 1.29 is 9.53 Å². The molecule has 146 valence electrons. The molecule has 1 saturated heterocycles. The fraction of sp³-hybridized carbons (Fsp3) is 0.350. The van der Waals surface area contributed by atoms with Crippen LogP contribution in [0.5, 0.6) is 5.75 Å². The zero-order valence-electron chi connectivity index (χ0n) is 15.5. The number of fused-ring (bicyclic) bond motifs is 1. The number of piperidine rings is 1. The van der Waals surface area contributed by atoms with Gasteiger partial charge >= 0.3 is 0 Å². The van der Waals surface area contributed by atoms with Gasteiger partial charge in [0.15, 0.2) is 5.69 Å². The molecule has 5 nitrogen and oxygen atoms in total. The normalized spacial score (nSPS) is 17.1. The minimum Gasteiger partial charge on any atom is -0.496 e. The van der Waals surface area contributed by atoms with Crippen LogP contribution in [0.4, 0.5) is 0 Å². The van der Waals surface area contributed by atoms with Crippen molar-refractivity contribution in [2.75, 3.05) is 20.2 Å². The van der Waals surface area contributed by atoms with Gasteiger partial charge in [0.2, 0.25) is 0 Å². The van der Waals surface area contributed by atoms with Crippen molar-refractivity contribution in [3.8, 4) is 5.75 Å². The van der Waals surface area contributed by atoms with Crippen molar-refractivity contribution in [3.63, 3.8) is 0 Å². The van der Waals surface area contributed by atoms with E-state index in [1.165, 1.54) is 0 Å². The Morgan fingerprint density at radius 2 is 2.18 bits per heavy atom. The lowest BCUT2D eigenvalue weighted by molar-refractivity contribution is 0.0701. The van der Waals surface area contributed by atoms with Crippen molar-refractivity contribution in [3.05, 3.63) is 50.7 Å². The summed E-state index contributed by atoms with van der Waals surface area (Å²) in [5, 5.41) is 2.45. The van der Waals surface area contributed by atoms with Crippen LogP contribution < -0.4 is 4.74 Å². The number of amides is 1. The van der Waals surface area contributed by atoms with E-state index in [4.69, 9.17) is 27.9 Å². The molecule has 1 atom stereocenters. The summed E-state index contributed by atoms with van der Waals surface area (Å²) in [6.45, 7) is 3.32. The maximum Gasteiger partial charge on any atom is 0.275 e.